The second-order valence-electron chi connectivity index (χ2n) is 6.68. The van der Waals surface area contributed by atoms with Gasteiger partial charge in [-0.3, -0.25) is 14.6 Å². The van der Waals surface area contributed by atoms with Gasteiger partial charge >= 0.3 is 0 Å². The van der Waals surface area contributed by atoms with Crippen molar-refractivity contribution in [2.75, 3.05) is 38.6 Å². The van der Waals surface area contributed by atoms with Crippen molar-refractivity contribution in [2.24, 2.45) is 0 Å². The van der Waals surface area contributed by atoms with E-state index in [-0.39, 0.29) is 17.5 Å². The van der Waals surface area contributed by atoms with Crippen molar-refractivity contribution in [1.82, 2.24) is 15.2 Å². The molecule has 6 nitrogen and oxygen atoms in total. The Labute approximate surface area is 153 Å². The largest absolute Gasteiger partial charge is 0.351 e. The number of carbonyl (C=O) groups excluding carboxylic acids is 2. The third kappa shape index (κ3) is 4.08. The minimum absolute atomic E-state index is 0.0981. The molecule has 0 fully saturated rings. The molecule has 0 atom stereocenters. The number of para-hydroxylation sites is 1. The highest BCUT2D eigenvalue weighted by molar-refractivity contribution is 6.08. The number of hydrogen-bond acceptors (Lipinski definition) is 4. The van der Waals surface area contributed by atoms with E-state index in [9.17, 15) is 9.59 Å². The first-order valence-electron chi connectivity index (χ1n) is 8.85. The average Bonchev–Trinajstić information content (AvgIpc) is 3.08. The van der Waals surface area contributed by atoms with Crippen LogP contribution < -0.4 is 10.2 Å². The van der Waals surface area contributed by atoms with Crippen LogP contribution in [0.4, 0.5) is 5.69 Å². The predicted molar refractivity (Wildman–Crippen MR) is 102 cm³/mol. The Kier molecular flexibility index (Phi) is 5.63. The Balaban J connectivity index is 1.67. The molecule has 2 heterocycles. The van der Waals surface area contributed by atoms with E-state index in [1.807, 2.05) is 38.4 Å². The standard InChI is InChI=1S/C20H24N4O2/c1-23(2)12-5-10-22-19(25)17-14-16(8-11-21-17)20(26)24-13-9-15-6-3-4-7-18(15)24/h3-4,6-8,11,14H,5,9-10,12-13H2,1-2H3,(H,22,25). The lowest BCUT2D eigenvalue weighted by atomic mass is 10.1. The highest BCUT2D eigenvalue weighted by atomic mass is 16.2. The number of hydrogen-bond donors (Lipinski definition) is 1. The van der Waals surface area contributed by atoms with Gasteiger partial charge in [-0.15, -0.1) is 0 Å². The first kappa shape index (κ1) is 18.1. The van der Waals surface area contributed by atoms with Crippen LogP contribution in [0, 0.1) is 0 Å². The van der Waals surface area contributed by atoms with E-state index in [4.69, 9.17) is 0 Å². The molecule has 136 valence electrons. The van der Waals surface area contributed by atoms with Crippen molar-refractivity contribution in [3.8, 4) is 0 Å². The lowest BCUT2D eigenvalue weighted by molar-refractivity contribution is 0.0947. The van der Waals surface area contributed by atoms with Crippen molar-refractivity contribution in [3.05, 3.63) is 59.4 Å². The normalized spacial score (nSPS) is 13.0. The molecular formula is C20H24N4O2. The summed E-state index contributed by atoms with van der Waals surface area (Å²) >= 11 is 0. The van der Waals surface area contributed by atoms with Crippen LogP contribution in [0.2, 0.25) is 0 Å². The summed E-state index contributed by atoms with van der Waals surface area (Å²) in [5.74, 6) is -0.348. The molecule has 1 aromatic heterocycles. The lowest BCUT2D eigenvalue weighted by Crippen LogP contribution is -2.30. The van der Waals surface area contributed by atoms with Gasteiger partial charge < -0.3 is 15.1 Å². The molecule has 2 aromatic rings. The van der Waals surface area contributed by atoms with Crippen LogP contribution in [0.3, 0.4) is 0 Å². The minimum atomic E-state index is -0.250. The Morgan fingerprint density at radius 2 is 2.04 bits per heavy atom. The van der Waals surface area contributed by atoms with E-state index in [1.165, 1.54) is 11.8 Å². The highest BCUT2D eigenvalue weighted by Gasteiger charge is 2.25. The molecule has 26 heavy (non-hydrogen) atoms. The van der Waals surface area contributed by atoms with Gasteiger partial charge in [-0.2, -0.15) is 0 Å². The quantitative estimate of drug-likeness (QED) is 0.807. The van der Waals surface area contributed by atoms with Crippen molar-refractivity contribution in [1.29, 1.82) is 0 Å². The van der Waals surface area contributed by atoms with Gasteiger partial charge in [0.15, 0.2) is 0 Å². The third-order valence-electron chi connectivity index (χ3n) is 4.44. The summed E-state index contributed by atoms with van der Waals surface area (Å²) in [5.41, 5.74) is 2.88. The van der Waals surface area contributed by atoms with Crippen molar-refractivity contribution >= 4 is 17.5 Å². The van der Waals surface area contributed by atoms with Gasteiger partial charge in [-0.25, -0.2) is 0 Å². The van der Waals surface area contributed by atoms with Crippen molar-refractivity contribution in [2.45, 2.75) is 12.8 Å². The van der Waals surface area contributed by atoms with Gasteiger partial charge in [0.05, 0.1) is 0 Å². The van der Waals surface area contributed by atoms with Crippen molar-refractivity contribution < 1.29 is 9.59 Å². The van der Waals surface area contributed by atoms with Crippen LogP contribution in [0.15, 0.2) is 42.6 Å². The fourth-order valence-electron chi connectivity index (χ4n) is 3.08. The predicted octanol–water partition coefficient (Wildman–Crippen LogP) is 1.97. The SMILES string of the molecule is CN(C)CCCNC(=O)c1cc(C(=O)N2CCc3ccccc32)ccn1. The summed E-state index contributed by atoms with van der Waals surface area (Å²) in [7, 11) is 3.99. The molecule has 1 N–H and O–H groups in total. The summed E-state index contributed by atoms with van der Waals surface area (Å²) in [6.45, 7) is 2.14. The number of carbonyl (C=O) groups is 2. The molecule has 6 heteroatoms. The van der Waals surface area contributed by atoms with Gasteiger partial charge in [0.1, 0.15) is 5.69 Å². The topological polar surface area (TPSA) is 65.5 Å². The summed E-state index contributed by atoms with van der Waals surface area (Å²) in [6.07, 6.45) is 3.23. The number of amides is 2. The number of aromatic nitrogens is 1. The maximum atomic E-state index is 12.9. The van der Waals surface area contributed by atoms with Crippen LogP contribution in [-0.4, -0.2) is 55.4 Å². The summed E-state index contributed by atoms with van der Waals surface area (Å²) < 4.78 is 0. The number of anilines is 1. The average molecular weight is 352 g/mol. The van der Waals surface area contributed by atoms with Crippen LogP contribution in [-0.2, 0) is 6.42 Å². The summed E-state index contributed by atoms with van der Waals surface area (Å²) in [5, 5.41) is 2.85. The van der Waals surface area contributed by atoms with Crippen LogP contribution >= 0.6 is 0 Å². The molecule has 1 aliphatic rings. The number of nitrogens with one attached hydrogen (secondary N) is 1. The number of fused-ring (bicyclic) bond motifs is 1. The molecule has 0 radical (unpaired) electrons. The number of nitrogens with zero attached hydrogens (tertiary/aromatic N) is 3. The van der Waals surface area contributed by atoms with E-state index in [2.05, 4.69) is 15.2 Å². The molecule has 0 bridgehead atoms. The van der Waals surface area contributed by atoms with Gasteiger partial charge in [0, 0.05) is 30.5 Å². The van der Waals surface area contributed by atoms with E-state index in [0.29, 0.717) is 18.7 Å². The lowest BCUT2D eigenvalue weighted by Gasteiger charge is -2.17. The molecule has 0 spiro atoms. The molecular weight excluding hydrogens is 328 g/mol. The molecule has 0 unspecified atom stereocenters. The Bertz CT molecular complexity index is 804. The van der Waals surface area contributed by atoms with E-state index >= 15 is 0 Å². The number of rotatable bonds is 6. The fourth-order valence-corrected chi connectivity index (χ4v) is 3.08. The fraction of sp³-hybridized carbons (Fsp3) is 0.350. The van der Waals surface area contributed by atoms with Crippen LogP contribution in [0.25, 0.3) is 0 Å². The zero-order valence-corrected chi connectivity index (χ0v) is 15.2. The molecule has 2 amide bonds. The van der Waals surface area contributed by atoms with Gasteiger partial charge in [-0.05, 0) is 57.2 Å². The van der Waals surface area contributed by atoms with E-state index < -0.39 is 0 Å². The monoisotopic (exact) mass is 352 g/mol. The highest BCUT2D eigenvalue weighted by Crippen LogP contribution is 2.28. The van der Waals surface area contributed by atoms with E-state index in [1.54, 1.807) is 17.0 Å². The maximum absolute atomic E-state index is 12.9. The zero-order chi connectivity index (χ0) is 18.5. The van der Waals surface area contributed by atoms with Gasteiger partial charge in [0.25, 0.3) is 11.8 Å². The molecule has 3 rings (SSSR count). The van der Waals surface area contributed by atoms with Crippen LogP contribution in [0.1, 0.15) is 32.8 Å². The Hall–Kier alpha value is -2.73. The summed E-state index contributed by atoms with van der Waals surface area (Å²) in [6, 6.07) is 11.2. The van der Waals surface area contributed by atoms with Crippen LogP contribution in [0.5, 0.6) is 0 Å². The minimum Gasteiger partial charge on any atom is -0.351 e. The van der Waals surface area contributed by atoms with Gasteiger partial charge in [-0.1, -0.05) is 18.2 Å². The summed E-state index contributed by atoms with van der Waals surface area (Å²) in [4.78, 5) is 33.1. The molecule has 0 aliphatic carbocycles. The van der Waals surface area contributed by atoms with Gasteiger partial charge in [0.2, 0.25) is 0 Å². The Morgan fingerprint density at radius 3 is 2.85 bits per heavy atom. The first-order chi connectivity index (χ1) is 12.6. The number of pyridine rings is 1. The molecule has 1 aliphatic heterocycles. The molecule has 0 saturated carbocycles. The third-order valence-corrected chi connectivity index (χ3v) is 4.44. The number of benzene rings is 1. The zero-order valence-electron chi connectivity index (χ0n) is 15.2. The van der Waals surface area contributed by atoms with E-state index in [0.717, 1.165) is 25.1 Å². The first-order valence-corrected chi connectivity index (χ1v) is 8.85. The Morgan fingerprint density at radius 1 is 1.23 bits per heavy atom. The smallest absolute Gasteiger partial charge is 0.269 e. The maximum Gasteiger partial charge on any atom is 0.269 e. The molecule has 1 aromatic carbocycles. The second-order valence-corrected chi connectivity index (χ2v) is 6.68. The second kappa shape index (κ2) is 8.10. The van der Waals surface area contributed by atoms with Crippen molar-refractivity contribution in [3.63, 3.8) is 0 Å². The molecule has 0 saturated heterocycles.